The van der Waals surface area contributed by atoms with Crippen LogP contribution >= 0.6 is 0 Å². The largest absolute Gasteiger partial charge is 0.297 e. The van der Waals surface area contributed by atoms with Crippen LogP contribution in [0.4, 0.5) is 39.5 Å². The molecular formula is C11H13F9. The predicted molar refractivity (Wildman–Crippen MR) is 55.2 cm³/mol. The molecule has 0 saturated heterocycles. The summed E-state index contributed by atoms with van der Waals surface area (Å²) in [6, 6.07) is 0. The van der Waals surface area contributed by atoms with E-state index in [0.29, 0.717) is 0 Å². The van der Waals surface area contributed by atoms with E-state index < -0.39 is 61.8 Å². The highest BCUT2D eigenvalue weighted by atomic mass is 19.3. The lowest BCUT2D eigenvalue weighted by Gasteiger charge is -2.34. The lowest BCUT2D eigenvalue weighted by atomic mass is 9.81. The van der Waals surface area contributed by atoms with Crippen LogP contribution in [0.25, 0.3) is 0 Å². The molecule has 0 spiro atoms. The third-order valence-electron chi connectivity index (χ3n) is 2.83. The van der Waals surface area contributed by atoms with Crippen LogP contribution in [0.15, 0.2) is 11.1 Å². The highest BCUT2D eigenvalue weighted by Crippen LogP contribution is 2.42. The molecule has 0 aliphatic carbocycles. The zero-order valence-electron chi connectivity index (χ0n) is 10.4. The zero-order valence-corrected chi connectivity index (χ0v) is 10.4. The van der Waals surface area contributed by atoms with Gasteiger partial charge in [0.05, 0.1) is 0 Å². The maximum Gasteiger partial charge on any atom is 0.297 e. The van der Waals surface area contributed by atoms with E-state index in [2.05, 4.69) is 0 Å². The predicted octanol–water partition coefficient (Wildman–Crippen LogP) is 4.20. The fourth-order valence-corrected chi connectivity index (χ4v) is 1.70. The molecule has 0 aromatic rings. The molecule has 0 nitrogen and oxygen atoms in total. The third kappa shape index (κ3) is 3.41. The first-order valence-corrected chi connectivity index (χ1v) is 5.36. The van der Waals surface area contributed by atoms with Crippen LogP contribution in [0.2, 0.25) is 0 Å². The lowest BCUT2D eigenvalue weighted by Crippen LogP contribution is -2.48. The van der Waals surface area contributed by atoms with Gasteiger partial charge in [-0.2, -0.15) is 8.78 Å². The fraction of sp³-hybridized carbons (Fsp3) is 0.818. The number of alkyl halides is 9. The molecular weight excluding hydrogens is 303 g/mol. The second kappa shape index (κ2) is 6.71. The monoisotopic (exact) mass is 316 g/mol. The Hall–Kier alpha value is -0.890. The van der Waals surface area contributed by atoms with Crippen LogP contribution in [0.5, 0.6) is 0 Å². The van der Waals surface area contributed by atoms with Crippen molar-refractivity contribution in [1.82, 2.24) is 0 Å². The van der Waals surface area contributed by atoms with Crippen molar-refractivity contribution < 1.29 is 39.5 Å². The smallest absolute Gasteiger partial charge is 0.247 e. The minimum Gasteiger partial charge on any atom is -0.247 e. The molecule has 0 rings (SSSR count). The molecule has 0 heterocycles. The van der Waals surface area contributed by atoms with Crippen molar-refractivity contribution in [1.29, 1.82) is 0 Å². The van der Waals surface area contributed by atoms with Gasteiger partial charge in [-0.15, -0.1) is 0 Å². The van der Waals surface area contributed by atoms with Crippen LogP contribution in [0, 0.1) is 0 Å². The molecule has 0 aromatic heterocycles. The van der Waals surface area contributed by atoms with Crippen molar-refractivity contribution in [2.24, 2.45) is 0 Å². The van der Waals surface area contributed by atoms with Crippen LogP contribution in [-0.4, -0.2) is 50.6 Å². The molecule has 0 aliphatic heterocycles. The first-order valence-electron chi connectivity index (χ1n) is 5.36. The topological polar surface area (TPSA) is 0 Å². The summed E-state index contributed by atoms with van der Waals surface area (Å²) in [6.07, 6.45) is 0. The van der Waals surface area contributed by atoms with Crippen molar-refractivity contribution in [2.45, 2.75) is 24.2 Å². The van der Waals surface area contributed by atoms with Crippen molar-refractivity contribution in [3.63, 3.8) is 0 Å². The van der Waals surface area contributed by atoms with Gasteiger partial charge >= 0.3 is 0 Å². The number of allylic oxidation sites excluding steroid dienone is 2. The second-order valence-corrected chi connectivity index (χ2v) is 4.30. The van der Waals surface area contributed by atoms with E-state index in [0.717, 1.165) is 0 Å². The number of halogens is 9. The Morgan fingerprint density at radius 2 is 0.950 bits per heavy atom. The maximum absolute atomic E-state index is 13.9. The molecule has 120 valence electrons. The normalized spacial score (nSPS) is 13.5. The number of rotatable bonds is 8. The molecule has 0 radical (unpaired) electrons. The summed E-state index contributed by atoms with van der Waals surface area (Å²) in [6.45, 7) is -11.5. The van der Waals surface area contributed by atoms with Gasteiger partial charge in [-0.3, -0.25) is 0 Å². The molecule has 0 aromatic carbocycles. The van der Waals surface area contributed by atoms with Crippen molar-refractivity contribution in [3.8, 4) is 0 Å². The van der Waals surface area contributed by atoms with E-state index >= 15 is 0 Å². The molecule has 0 saturated carbocycles. The van der Waals surface area contributed by atoms with Gasteiger partial charge < -0.3 is 0 Å². The van der Waals surface area contributed by atoms with Crippen molar-refractivity contribution >= 4 is 0 Å². The van der Waals surface area contributed by atoms with Gasteiger partial charge in [0.15, 0.2) is 18.0 Å². The summed E-state index contributed by atoms with van der Waals surface area (Å²) >= 11 is 0. The van der Waals surface area contributed by atoms with Gasteiger partial charge in [0.2, 0.25) is 0 Å². The second-order valence-electron chi connectivity index (χ2n) is 4.30. The molecule has 0 bridgehead atoms. The molecule has 0 N–H and O–H groups in total. The van der Waals surface area contributed by atoms with Crippen LogP contribution in [0.1, 0.15) is 6.92 Å². The molecule has 0 fully saturated rings. The summed E-state index contributed by atoms with van der Waals surface area (Å²) < 4.78 is 116. The SMILES string of the molecule is CC(=C(C(F)(CF)CF)C(F)(CF)CF)C(F)(F)CF. The van der Waals surface area contributed by atoms with E-state index in [9.17, 15) is 39.5 Å². The molecule has 9 heteroatoms. The van der Waals surface area contributed by atoms with Crippen LogP contribution < -0.4 is 0 Å². The van der Waals surface area contributed by atoms with Crippen molar-refractivity contribution in [2.75, 3.05) is 33.4 Å². The minimum absolute atomic E-state index is 0.272. The third-order valence-corrected chi connectivity index (χ3v) is 2.83. The highest BCUT2D eigenvalue weighted by Gasteiger charge is 2.53. The molecule has 0 aliphatic rings. The fourth-order valence-electron chi connectivity index (χ4n) is 1.70. The standard InChI is InChI=1S/C11H13F9/c1-7(11(19,20)6-16)8(9(17,2-12)3-13)10(18,4-14)5-15/h2-6H2,1H3. The average molecular weight is 316 g/mol. The Bertz CT molecular complexity index is 322. The molecule has 0 amide bonds. The Balaban J connectivity index is 6.31. The molecule has 0 atom stereocenters. The molecule has 0 unspecified atom stereocenters. The Kier molecular flexibility index (Phi) is 6.41. The Labute approximate surface area is 109 Å². The van der Waals surface area contributed by atoms with Crippen LogP contribution in [-0.2, 0) is 0 Å². The Morgan fingerprint density at radius 3 is 1.15 bits per heavy atom. The summed E-state index contributed by atoms with van der Waals surface area (Å²) in [5.74, 6) is -4.50. The van der Waals surface area contributed by atoms with E-state index in [1.165, 1.54) is 0 Å². The van der Waals surface area contributed by atoms with E-state index in [-0.39, 0.29) is 6.92 Å². The lowest BCUT2D eigenvalue weighted by molar-refractivity contribution is -0.00151. The van der Waals surface area contributed by atoms with E-state index in [1.54, 1.807) is 0 Å². The van der Waals surface area contributed by atoms with Gasteiger partial charge in [0.25, 0.3) is 5.92 Å². The van der Waals surface area contributed by atoms with Crippen LogP contribution in [0.3, 0.4) is 0 Å². The van der Waals surface area contributed by atoms with Crippen molar-refractivity contribution in [3.05, 3.63) is 11.1 Å². The maximum atomic E-state index is 13.9. The Morgan fingerprint density at radius 1 is 0.650 bits per heavy atom. The number of hydrogen-bond donors (Lipinski definition) is 0. The van der Waals surface area contributed by atoms with Gasteiger partial charge in [0.1, 0.15) is 26.7 Å². The average Bonchev–Trinajstić information content (AvgIpc) is 2.46. The van der Waals surface area contributed by atoms with E-state index in [4.69, 9.17) is 0 Å². The minimum atomic E-state index is -4.50. The van der Waals surface area contributed by atoms with E-state index in [1.807, 2.05) is 0 Å². The first-order chi connectivity index (χ1) is 9.08. The van der Waals surface area contributed by atoms with Gasteiger partial charge in [0, 0.05) is 11.1 Å². The number of hydrogen-bond acceptors (Lipinski definition) is 0. The summed E-state index contributed by atoms with van der Waals surface area (Å²) in [5, 5.41) is 0. The molecule has 20 heavy (non-hydrogen) atoms. The highest BCUT2D eigenvalue weighted by molar-refractivity contribution is 5.36. The van der Waals surface area contributed by atoms with Gasteiger partial charge in [-0.25, -0.2) is 30.7 Å². The summed E-state index contributed by atoms with van der Waals surface area (Å²) in [7, 11) is 0. The van der Waals surface area contributed by atoms with Gasteiger partial charge in [-0.05, 0) is 6.92 Å². The summed E-state index contributed by atoms with van der Waals surface area (Å²) in [4.78, 5) is 0. The summed E-state index contributed by atoms with van der Waals surface area (Å²) in [5.41, 5.74) is -11.8. The first kappa shape index (κ1) is 19.1. The quantitative estimate of drug-likeness (QED) is 0.465. The van der Waals surface area contributed by atoms with Gasteiger partial charge in [-0.1, -0.05) is 0 Å². The zero-order chi connectivity index (χ0) is 16.2.